The summed E-state index contributed by atoms with van der Waals surface area (Å²) in [6.45, 7) is 3.74. The third-order valence-corrected chi connectivity index (χ3v) is 4.82. The highest BCUT2D eigenvalue weighted by Gasteiger charge is 2.06. The Labute approximate surface area is 173 Å². The molecule has 0 fully saturated rings. The average Bonchev–Trinajstić information content (AvgIpc) is 2.72. The lowest BCUT2D eigenvalue weighted by molar-refractivity contribution is -0.123. The normalized spacial score (nSPS) is 11.2. The molecular formula is C23H21BrN2O2. The lowest BCUT2D eigenvalue weighted by atomic mass is 10.0. The van der Waals surface area contributed by atoms with Crippen molar-refractivity contribution in [3.8, 4) is 16.9 Å². The molecule has 28 heavy (non-hydrogen) atoms. The van der Waals surface area contributed by atoms with E-state index in [1.165, 1.54) is 0 Å². The molecule has 3 rings (SSSR count). The average molecular weight is 437 g/mol. The third kappa shape index (κ3) is 5.30. The van der Waals surface area contributed by atoms with Crippen molar-refractivity contribution in [2.75, 3.05) is 6.61 Å². The molecule has 0 aliphatic rings. The van der Waals surface area contributed by atoms with Crippen molar-refractivity contribution in [1.82, 2.24) is 5.43 Å². The number of nitrogens with one attached hydrogen (secondary N) is 1. The number of benzene rings is 3. The van der Waals surface area contributed by atoms with E-state index in [-0.39, 0.29) is 12.5 Å². The molecule has 1 amide bonds. The molecule has 0 spiro atoms. The maximum Gasteiger partial charge on any atom is 0.277 e. The van der Waals surface area contributed by atoms with Gasteiger partial charge in [0.05, 0.1) is 10.2 Å². The number of hydrogen-bond acceptors (Lipinski definition) is 3. The van der Waals surface area contributed by atoms with Gasteiger partial charge in [-0.3, -0.25) is 4.79 Å². The molecule has 0 aliphatic carbocycles. The first kappa shape index (κ1) is 19.8. The Kier molecular flexibility index (Phi) is 6.61. The van der Waals surface area contributed by atoms with Crippen LogP contribution in [0.25, 0.3) is 11.1 Å². The largest absolute Gasteiger partial charge is 0.483 e. The Hall–Kier alpha value is -2.92. The summed E-state index contributed by atoms with van der Waals surface area (Å²) >= 11 is 3.43. The highest BCUT2D eigenvalue weighted by molar-refractivity contribution is 9.10. The van der Waals surface area contributed by atoms with E-state index in [9.17, 15) is 4.79 Å². The molecule has 0 heterocycles. The Morgan fingerprint density at radius 3 is 2.36 bits per heavy atom. The predicted octanol–water partition coefficient (Wildman–Crippen LogP) is 5.34. The van der Waals surface area contributed by atoms with Gasteiger partial charge < -0.3 is 4.74 Å². The zero-order valence-corrected chi connectivity index (χ0v) is 17.4. The number of nitrogens with zero attached hydrogens (tertiary/aromatic N) is 1. The number of ether oxygens (including phenoxy) is 1. The van der Waals surface area contributed by atoms with Gasteiger partial charge >= 0.3 is 0 Å². The van der Waals surface area contributed by atoms with E-state index in [2.05, 4.69) is 38.6 Å². The number of rotatable bonds is 6. The molecule has 142 valence electrons. The van der Waals surface area contributed by atoms with Crippen LogP contribution >= 0.6 is 15.9 Å². The first-order chi connectivity index (χ1) is 13.5. The molecule has 3 aromatic rings. The van der Waals surface area contributed by atoms with E-state index in [1.54, 1.807) is 0 Å². The van der Waals surface area contributed by atoms with Gasteiger partial charge in [-0.25, -0.2) is 5.43 Å². The number of hydrogen-bond donors (Lipinski definition) is 1. The number of carbonyl (C=O) groups is 1. The summed E-state index contributed by atoms with van der Waals surface area (Å²) in [4.78, 5) is 12.0. The molecule has 0 bridgehead atoms. The van der Waals surface area contributed by atoms with Crippen LogP contribution in [0.4, 0.5) is 0 Å². The minimum Gasteiger partial charge on any atom is -0.483 e. The van der Waals surface area contributed by atoms with Crippen molar-refractivity contribution in [3.05, 3.63) is 88.4 Å². The summed E-state index contributed by atoms with van der Waals surface area (Å²) in [6, 6.07) is 24.0. The van der Waals surface area contributed by atoms with E-state index in [0.717, 1.165) is 32.4 Å². The molecule has 0 saturated heterocycles. The fraction of sp³-hybridized carbons (Fsp3) is 0.130. The molecule has 5 heteroatoms. The molecule has 1 N–H and O–H groups in total. The SMILES string of the molecule is C/C(=N\NC(=O)COc1ccc(C)cc1Br)c1ccc(-c2ccccc2)cc1. The summed E-state index contributed by atoms with van der Waals surface area (Å²) in [5.41, 5.74) is 7.62. The molecule has 0 radical (unpaired) electrons. The van der Waals surface area contributed by atoms with Crippen LogP contribution in [0.2, 0.25) is 0 Å². The molecule has 0 saturated carbocycles. The van der Waals surface area contributed by atoms with Crippen LogP contribution in [-0.2, 0) is 4.79 Å². The van der Waals surface area contributed by atoms with Crippen molar-refractivity contribution >= 4 is 27.5 Å². The predicted molar refractivity (Wildman–Crippen MR) is 117 cm³/mol. The minimum atomic E-state index is -0.312. The molecule has 0 atom stereocenters. The highest BCUT2D eigenvalue weighted by Crippen LogP contribution is 2.25. The summed E-state index contributed by atoms with van der Waals surface area (Å²) in [5.74, 6) is 0.311. The van der Waals surface area contributed by atoms with E-state index in [1.807, 2.05) is 74.5 Å². The summed E-state index contributed by atoms with van der Waals surface area (Å²) in [5, 5.41) is 4.17. The maximum absolute atomic E-state index is 12.0. The molecule has 0 unspecified atom stereocenters. The lowest BCUT2D eigenvalue weighted by Gasteiger charge is -2.08. The highest BCUT2D eigenvalue weighted by atomic mass is 79.9. The molecule has 3 aromatic carbocycles. The molecule has 0 aliphatic heterocycles. The van der Waals surface area contributed by atoms with Crippen molar-refractivity contribution in [2.45, 2.75) is 13.8 Å². The van der Waals surface area contributed by atoms with Gasteiger partial charge in [0.1, 0.15) is 5.75 Å². The maximum atomic E-state index is 12.0. The monoisotopic (exact) mass is 436 g/mol. The first-order valence-electron chi connectivity index (χ1n) is 8.91. The Balaban J connectivity index is 1.56. The number of carbonyl (C=O) groups excluding carboxylic acids is 1. The summed E-state index contributed by atoms with van der Waals surface area (Å²) in [6.07, 6.45) is 0. The Morgan fingerprint density at radius 1 is 1.00 bits per heavy atom. The molecular weight excluding hydrogens is 416 g/mol. The van der Waals surface area contributed by atoms with Crippen LogP contribution in [-0.4, -0.2) is 18.2 Å². The quantitative estimate of drug-likeness (QED) is 0.418. The van der Waals surface area contributed by atoms with Crippen molar-refractivity contribution in [2.24, 2.45) is 5.10 Å². The number of amides is 1. The van der Waals surface area contributed by atoms with Gasteiger partial charge in [0.25, 0.3) is 5.91 Å². The van der Waals surface area contributed by atoms with Gasteiger partial charge in [0.2, 0.25) is 0 Å². The van der Waals surface area contributed by atoms with Crippen LogP contribution in [0.1, 0.15) is 18.1 Å². The van der Waals surface area contributed by atoms with E-state index >= 15 is 0 Å². The zero-order chi connectivity index (χ0) is 19.9. The van der Waals surface area contributed by atoms with Gasteiger partial charge in [0, 0.05) is 0 Å². The second kappa shape index (κ2) is 9.33. The fourth-order valence-corrected chi connectivity index (χ4v) is 3.25. The van der Waals surface area contributed by atoms with Crippen LogP contribution in [0.15, 0.2) is 82.4 Å². The van der Waals surface area contributed by atoms with Crippen molar-refractivity contribution < 1.29 is 9.53 Å². The second-order valence-corrected chi connectivity index (χ2v) is 7.25. The standard InChI is InChI=1S/C23H21BrN2O2/c1-16-8-13-22(21(24)14-16)28-15-23(27)26-25-17(2)18-9-11-20(12-10-18)19-6-4-3-5-7-19/h3-14H,15H2,1-2H3,(H,26,27)/b25-17+. The van der Waals surface area contributed by atoms with Crippen LogP contribution in [0.5, 0.6) is 5.75 Å². The van der Waals surface area contributed by atoms with Crippen molar-refractivity contribution in [3.63, 3.8) is 0 Å². The number of hydrazone groups is 1. The van der Waals surface area contributed by atoms with Gasteiger partial charge in [-0.2, -0.15) is 5.10 Å². The van der Waals surface area contributed by atoms with Crippen LogP contribution in [0, 0.1) is 6.92 Å². The van der Waals surface area contributed by atoms with Gasteiger partial charge in [-0.05, 0) is 64.2 Å². The smallest absolute Gasteiger partial charge is 0.277 e. The summed E-state index contributed by atoms with van der Waals surface area (Å²) in [7, 11) is 0. The van der Waals surface area contributed by atoms with E-state index in [0.29, 0.717) is 5.75 Å². The zero-order valence-electron chi connectivity index (χ0n) is 15.8. The Bertz CT molecular complexity index is 983. The second-order valence-electron chi connectivity index (χ2n) is 6.40. The third-order valence-electron chi connectivity index (χ3n) is 4.20. The van der Waals surface area contributed by atoms with Crippen LogP contribution < -0.4 is 10.2 Å². The first-order valence-corrected chi connectivity index (χ1v) is 9.70. The van der Waals surface area contributed by atoms with Crippen molar-refractivity contribution in [1.29, 1.82) is 0 Å². The minimum absolute atomic E-state index is 0.106. The molecule has 0 aromatic heterocycles. The number of aryl methyl sites for hydroxylation is 1. The van der Waals surface area contributed by atoms with Gasteiger partial charge in [0.15, 0.2) is 6.61 Å². The van der Waals surface area contributed by atoms with Crippen LogP contribution in [0.3, 0.4) is 0 Å². The van der Waals surface area contributed by atoms with Gasteiger partial charge in [-0.1, -0.05) is 60.7 Å². The lowest BCUT2D eigenvalue weighted by Crippen LogP contribution is -2.25. The number of halogens is 1. The Morgan fingerprint density at radius 2 is 1.68 bits per heavy atom. The van der Waals surface area contributed by atoms with Gasteiger partial charge in [-0.15, -0.1) is 0 Å². The van der Waals surface area contributed by atoms with E-state index < -0.39 is 0 Å². The van der Waals surface area contributed by atoms with E-state index in [4.69, 9.17) is 4.74 Å². The topological polar surface area (TPSA) is 50.7 Å². The summed E-state index contributed by atoms with van der Waals surface area (Å²) < 4.78 is 6.35. The molecule has 4 nitrogen and oxygen atoms in total. The fourth-order valence-electron chi connectivity index (χ4n) is 2.64.